The van der Waals surface area contributed by atoms with Gasteiger partial charge in [0.2, 0.25) is 0 Å². The standard InChI is InChI=1S/C22H22ClNO4S/c1-3-24(4-2)13-14-27-18-11-12-19-21(29-22(26)28-19)20(18)17(25)10-7-15-5-8-16(23)9-6-15/h5-12H,3-4,13-14H2,1-2H3/b10-7+. The first-order valence-corrected chi connectivity index (χ1v) is 10.6. The summed E-state index contributed by atoms with van der Waals surface area (Å²) in [6.07, 6.45) is 3.18. The molecule has 0 spiro atoms. The molecule has 0 aliphatic rings. The number of likely N-dealkylation sites (N-methyl/N-ethyl adjacent to an activating group) is 1. The molecule has 0 radical (unpaired) electrons. The van der Waals surface area contributed by atoms with E-state index in [0.717, 1.165) is 36.5 Å². The molecule has 0 atom stereocenters. The van der Waals surface area contributed by atoms with E-state index in [0.29, 0.717) is 33.2 Å². The maximum atomic E-state index is 13.0. The van der Waals surface area contributed by atoms with E-state index in [1.165, 1.54) is 6.08 Å². The number of carbonyl (C=O) groups is 1. The van der Waals surface area contributed by atoms with Gasteiger partial charge in [-0.1, -0.05) is 55.0 Å². The van der Waals surface area contributed by atoms with Crippen molar-refractivity contribution in [1.82, 2.24) is 4.90 Å². The van der Waals surface area contributed by atoms with Crippen LogP contribution in [0.25, 0.3) is 16.4 Å². The zero-order valence-corrected chi connectivity index (χ0v) is 17.9. The van der Waals surface area contributed by atoms with Gasteiger partial charge < -0.3 is 14.1 Å². The highest BCUT2D eigenvalue weighted by Crippen LogP contribution is 2.31. The van der Waals surface area contributed by atoms with Crippen LogP contribution in [0.4, 0.5) is 0 Å². The van der Waals surface area contributed by atoms with Crippen LogP contribution in [0.15, 0.2) is 51.7 Å². The van der Waals surface area contributed by atoms with E-state index < -0.39 is 4.94 Å². The molecule has 1 aromatic heterocycles. The second-order valence-corrected chi connectivity index (χ2v) is 7.73. The highest BCUT2D eigenvalue weighted by atomic mass is 35.5. The number of nitrogens with zero attached hydrogens (tertiary/aromatic N) is 1. The highest BCUT2D eigenvalue weighted by molar-refractivity contribution is 7.16. The molecule has 1 heterocycles. The van der Waals surface area contributed by atoms with E-state index >= 15 is 0 Å². The minimum atomic E-state index is -0.448. The molecule has 7 heteroatoms. The van der Waals surface area contributed by atoms with Gasteiger partial charge in [-0.2, -0.15) is 0 Å². The van der Waals surface area contributed by atoms with Gasteiger partial charge in [0.1, 0.15) is 12.4 Å². The number of halogens is 1. The number of allylic oxidation sites excluding steroid dienone is 1. The SMILES string of the molecule is CCN(CC)CCOc1ccc2oc(=O)sc2c1C(=O)/C=C/c1ccc(Cl)cc1. The summed E-state index contributed by atoms with van der Waals surface area (Å²) in [5.41, 5.74) is 1.58. The second-order valence-electron chi connectivity index (χ2n) is 6.34. The van der Waals surface area contributed by atoms with Crippen molar-refractivity contribution in [3.8, 4) is 5.75 Å². The fourth-order valence-corrected chi connectivity index (χ4v) is 3.87. The molecular formula is C22H22ClNO4S. The van der Waals surface area contributed by atoms with Crippen molar-refractivity contribution in [1.29, 1.82) is 0 Å². The van der Waals surface area contributed by atoms with Gasteiger partial charge in [0.25, 0.3) is 0 Å². The molecule has 29 heavy (non-hydrogen) atoms. The monoisotopic (exact) mass is 431 g/mol. The predicted octanol–water partition coefficient (Wildman–Crippen LogP) is 5.12. The van der Waals surface area contributed by atoms with E-state index in [2.05, 4.69) is 18.7 Å². The van der Waals surface area contributed by atoms with Crippen molar-refractivity contribution in [2.75, 3.05) is 26.2 Å². The summed E-state index contributed by atoms with van der Waals surface area (Å²) in [6.45, 7) is 7.24. The van der Waals surface area contributed by atoms with Crippen LogP contribution in [0.2, 0.25) is 5.02 Å². The Morgan fingerprint density at radius 2 is 1.90 bits per heavy atom. The Bertz CT molecular complexity index is 1060. The lowest BCUT2D eigenvalue weighted by Gasteiger charge is -2.18. The zero-order chi connectivity index (χ0) is 20.8. The van der Waals surface area contributed by atoms with Crippen molar-refractivity contribution in [2.24, 2.45) is 0 Å². The van der Waals surface area contributed by atoms with Crippen LogP contribution in [-0.2, 0) is 0 Å². The first kappa shape index (κ1) is 21.3. The van der Waals surface area contributed by atoms with Crippen molar-refractivity contribution in [3.05, 3.63) is 68.4 Å². The van der Waals surface area contributed by atoms with Crippen LogP contribution < -0.4 is 9.68 Å². The smallest absolute Gasteiger partial charge is 0.396 e. The molecule has 152 valence electrons. The third-order valence-corrected chi connectivity index (χ3v) is 5.68. The average Bonchev–Trinajstić information content (AvgIpc) is 3.10. The van der Waals surface area contributed by atoms with Gasteiger partial charge in [-0.15, -0.1) is 0 Å². The molecule has 0 saturated heterocycles. The molecule has 5 nitrogen and oxygen atoms in total. The van der Waals surface area contributed by atoms with Gasteiger partial charge in [0, 0.05) is 11.6 Å². The topological polar surface area (TPSA) is 59.8 Å². The molecule has 0 fully saturated rings. The Labute approximate surface area is 178 Å². The third kappa shape index (κ3) is 5.35. The molecule has 0 saturated carbocycles. The van der Waals surface area contributed by atoms with Gasteiger partial charge in [-0.3, -0.25) is 4.79 Å². The van der Waals surface area contributed by atoms with Crippen LogP contribution in [0.5, 0.6) is 5.75 Å². The van der Waals surface area contributed by atoms with Crippen LogP contribution in [0, 0.1) is 0 Å². The lowest BCUT2D eigenvalue weighted by molar-refractivity contribution is 0.104. The van der Waals surface area contributed by atoms with Crippen molar-refractivity contribution < 1.29 is 13.9 Å². The molecule has 0 aliphatic heterocycles. The third-order valence-electron chi connectivity index (χ3n) is 4.57. The summed E-state index contributed by atoms with van der Waals surface area (Å²) in [7, 11) is 0. The Morgan fingerprint density at radius 1 is 1.17 bits per heavy atom. The zero-order valence-electron chi connectivity index (χ0n) is 16.3. The minimum absolute atomic E-state index is 0.250. The molecule has 0 amide bonds. The molecule has 0 bridgehead atoms. The fraction of sp³-hybridized carbons (Fsp3) is 0.273. The maximum absolute atomic E-state index is 13.0. The number of benzene rings is 2. The van der Waals surface area contributed by atoms with Gasteiger partial charge in [-0.05, 0) is 49.0 Å². The molecule has 0 unspecified atom stereocenters. The lowest BCUT2D eigenvalue weighted by Crippen LogP contribution is -2.28. The first-order valence-electron chi connectivity index (χ1n) is 9.41. The van der Waals surface area contributed by atoms with E-state index in [1.54, 1.807) is 30.3 Å². The number of hydrogen-bond donors (Lipinski definition) is 0. The molecule has 2 aromatic carbocycles. The summed E-state index contributed by atoms with van der Waals surface area (Å²) >= 11 is 6.81. The first-order chi connectivity index (χ1) is 14.0. The van der Waals surface area contributed by atoms with Crippen LogP contribution in [0.3, 0.4) is 0 Å². The second kappa shape index (κ2) is 9.87. The number of ether oxygens (including phenoxy) is 1. The Kier molecular flexibility index (Phi) is 7.25. The minimum Gasteiger partial charge on any atom is -0.491 e. The fourth-order valence-electron chi connectivity index (χ4n) is 2.93. The van der Waals surface area contributed by atoms with E-state index in [-0.39, 0.29) is 5.78 Å². The Balaban J connectivity index is 1.89. The highest BCUT2D eigenvalue weighted by Gasteiger charge is 2.19. The van der Waals surface area contributed by atoms with E-state index in [4.69, 9.17) is 20.8 Å². The van der Waals surface area contributed by atoms with Crippen molar-refractivity contribution >= 4 is 45.1 Å². The average molecular weight is 432 g/mol. The summed E-state index contributed by atoms with van der Waals surface area (Å²) in [6, 6.07) is 10.5. The summed E-state index contributed by atoms with van der Waals surface area (Å²) in [4.78, 5) is 26.5. The van der Waals surface area contributed by atoms with Crippen molar-refractivity contribution in [2.45, 2.75) is 13.8 Å². The molecule has 3 aromatic rings. The Hall–Kier alpha value is -2.41. The largest absolute Gasteiger partial charge is 0.491 e. The van der Waals surface area contributed by atoms with Crippen LogP contribution >= 0.6 is 22.9 Å². The predicted molar refractivity (Wildman–Crippen MR) is 118 cm³/mol. The van der Waals surface area contributed by atoms with Gasteiger partial charge >= 0.3 is 4.94 Å². The number of carbonyl (C=O) groups excluding carboxylic acids is 1. The lowest BCUT2D eigenvalue weighted by atomic mass is 10.1. The van der Waals surface area contributed by atoms with Crippen molar-refractivity contribution in [3.63, 3.8) is 0 Å². The van der Waals surface area contributed by atoms with Crippen LogP contribution in [-0.4, -0.2) is 36.9 Å². The van der Waals surface area contributed by atoms with Gasteiger partial charge in [0.15, 0.2) is 11.4 Å². The number of ketones is 1. The summed E-state index contributed by atoms with van der Waals surface area (Å²) in [5, 5.41) is 0.630. The number of hydrogen-bond acceptors (Lipinski definition) is 6. The normalized spacial score (nSPS) is 11.6. The quantitative estimate of drug-likeness (QED) is 0.347. The summed E-state index contributed by atoms with van der Waals surface area (Å²) < 4.78 is 11.6. The maximum Gasteiger partial charge on any atom is 0.396 e. The summed E-state index contributed by atoms with van der Waals surface area (Å²) in [5.74, 6) is 0.202. The molecule has 3 rings (SSSR count). The van der Waals surface area contributed by atoms with Gasteiger partial charge in [0.05, 0.1) is 10.3 Å². The molecule has 0 N–H and O–H groups in total. The molecular weight excluding hydrogens is 410 g/mol. The van der Waals surface area contributed by atoms with Crippen LogP contribution in [0.1, 0.15) is 29.8 Å². The van der Waals surface area contributed by atoms with Gasteiger partial charge in [-0.25, -0.2) is 4.79 Å². The number of rotatable bonds is 9. The Morgan fingerprint density at radius 3 is 2.59 bits per heavy atom. The molecule has 0 aliphatic carbocycles. The van der Waals surface area contributed by atoms with E-state index in [1.807, 2.05) is 12.1 Å². The van der Waals surface area contributed by atoms with E-state index in [9.17, 15) is 9.59 Å². The number of fused-ring (bicyclic) bond motifs is 1.